The van der Waals surface area contributed by atoms with E-state index < -0.39 is 0 Å². The van der Waals surface area contributed by atoms with Gasteiger partial charge in [-0.05, 0) is 6.92 Å². The molecule has 1 rings (SSSR count). The third-order valence-corrected chi connectivity index (χ3v) is 2.16. The molecule has 4 heteroatoms. The molecule has 15 heavy (non-hydrogen) atoms. The summed E-state index contributed by atoms with van der Waals surface area (Å²) in [5.41, 5.74) is 0. The van der Waals surface area contributed by atoms with Crippen molar-refractivity contribution < 1.29 is 4.79 Å². The van der Waals surface area contributed by atoms with Crippen molar-refractivity contribution in [2.24, 2.45) is 0 Å². The summed E-state index contributed by atoms with van der Waals surface area (Å²) in [5, 5.41) is 0. The van der Waals surface area contributed by atoms with E-state index >= 15 is 0 Å². The molecule has 0 unspecified atom stereocenters. The van der Waals surface area contributed by atoms with Gasteiger partial charge in [-0.25, -0.2) is 4.98 Å². The van der Waals surface area contributed by atoms with Crippen LogP contribution in [0.2, 0.25) is 0 Å². The average molecular weight is 205 g/mol. The molecule has 0 spiro atoms. The molecule has 0 saturated carbocycles. The molecule has 1 aromatic rings. The molecule has 0 saturated heterocycles. The molecular weight excluding hydrogens is 190 g/mol. The number of rotatable bonds is 5. The van der Waals surface area contributed by atoms with Gasteiger partial charge in [0.2, 0.25) is 5.91 Å². The molecule has 0 aliphatic carbocycles. The average Bonchev–Trinajstić information content (AvgIpc) is 2.75. The molecule has 0 aliphatic rings. The minimum Gasteiger partial charge on any atom is -0.337 e. The van der Waals surface area contributed by atoms with Crippen LogP contribution in [0.5, 0.6) is 0 Å². The number of hydrogen-bond acceptors (Lipinski definition) is 2. The van der Waals surface area contributed by atoms with Crippen molar-refractivity contribution in [2.75, 3.05) is 13.1 Å². The minimum atomic E-state index is 0.0872. The third kappa shape index (κ3) is 3.47. The fourth-order valence-electron chi connectivity index (χ4n) is 1.29. The molecule has 80 valence electrons. The molecule has 0 bridgehead atoms. The number of aryl methyl sites for hydroxylation is 1. The Morgan fingerprint density at radius 2 is 2.47 bits per heavy atom. The first kappa shape index (κ1) is 11.3. The van der Waals surface area contributed by atoms with E-state index in [1.165, 1.54) is 0 Å². The summed E-state index contributed by atoms with van der Waals surface area (Å²) in [6.07, 6.45) is 10.9. The van der Waals surface area contributed by atoms with E-state index in [2.05, 4.69) is 10.9 Å². The molecule has 0 N–H and O–H groups in total. The van der Waals surface area contributed by atoms with E-state index in [9.17, 15) is 4.79 Å². The largest absolute Gasteiger partial charge is 0.337 e. The summed E-state index contributed by atoms with van der Waals surface area (Å²) in [6.45, 7) is 3.62. The Morgan fingerprint density at radius 3 is 3.00 bits per heavy atom. The van der Waals surface area contributed by atoms with Gasteiger partial charge in [0.1, 0.15) is 0 Å². The molecule has 0 aromatic carbocycles. The van der Waals surface area contributed by atoms with Crippen molar-refractivity contribution in [3.63, 3.8) is 0 Å². The predicted octanol–water partition coefficient (Wildman–Crippen LogP) is 0.755. The summed E-state index contributed by atoms with van der Waals surface area (Å²) < 4.78 is 1.88. The second-order valence-electron chi connectivity index (χ2n) is 3.16. The second-order valence-corrected chi connectivity index (χ2v) is 3.16. The Bertz CT molecular complexity index is 337. The van der Waals surface area contributed by atoms with Crippen molar-refractivity contribution in [1.82, 2.24) is 14.5 Å². The summed E-state index contributed by atoms with van der Waals surface area (Å²) >= 11 is 0. The first-order valence-electron chi connectivity index (χ1n) is 4.95. The van der Waals surface area contributed by atoms with Crippen molar-refractivity contribution in [1.29, 1.82) is 0 Å². The standard InChI is InChI=1S/C11H15N3O/c1-3-7-14(4-2)11(15)5-8-13-9-6-12-10-13/h1,6,9-10H,4-5,7-8H2,2H3. The quantitative estimate of drug-likeness (QED) is 0.665. The van der Waals surface area contributed by atoms with Gasteiger partial charge in [-0.2, -0.15) is 0 Å². The lowest BCUT2D eigenvalue weighted by Gasteiger charge is -2.17. The van der Waals surface area contributed by atoms with Crippen LogP contribution in [0.1, 0.15) is 13.3 Å². The lowest BCUT2D eigenvalue weighted by Crippen LogP contribution is -2.31. The number of terminal acetylenes is 1. The van der Waals surface area contributed by atoms with Crippen LogP contribution in [0, 0.1) is 12.3 Å². The number of nitrogens with zero attached hydrogens (tertiary/aromatic N) is 3. The van der Waals surface area contributed by atoms with Gasteiger partial charge in [0.25, 0.3) is 0 Å². The highest BCUT2D eigenvalue weighted by atomic mass is 16.2. The van der Waals surface area contributed by atoms with Crippen LogP contribution in [-0.2, 0) is 11.3 Å². The van der Waals surface area contributed by atoms with Crippen molar-refractivity contribution in [2.45, 2.75) is 19.9 Å². The zero-order chi connectivity index (χ0) is 11.1. The lowest BCUT2D eigenvalue weighted by atomic mass is 10.3. The fraction of sp³-hybridized carbons (Fsp3) is 0.455. The van der Waals surface area contributed by atoms with Gasteiger partial charge in [-0.1, -0.05) is 5.92 Å². The van der Waals surface area contributed by atoms with E-state index in [1.807, 2.05) is 17.7 Å². The topological polar surface area (TPSA) is 38.1 Å². The van der Waals surface area contributed by atoms with Crippen LogP contribution in [0.3, 0.4) is 0 Å². The van der Waals surface area contributed by atoms with Crippen molar-refractivity contribution in [3.8, 4) is 12.3 Å². The maximum Gasteiger partial charge on any atom is 0.225 e. The van der Waals surface area contributed by atoms with E-state index in [4.69, 9.17) is 6.42 Å². The highest BCUT2D eigenvalue weighted by molar-refractivity contribution is 5.76. The zero-order valence-corrected chi connectivity index (χ0v) is 8.89. The van der Waals surface area contributed by atoms with E-state index in [0.29, 0.717) is 26.1 Å². The summed E-state index contributed by atoms with van der Waals surface area (Å²) in [6, 6.07) is 0. The Hall–Kier alpha value is -1.76. The lowest BCUT2D eigenvalue weighted by molar-refractivity contribution is -0.130. The van der Waals surface area contributed by atoms with Gasteiger partial charge >= 0.3 is 0 Å². The van der Waals surface area contributed by atoms with Crippen LogP contribution in [0.4, 0.5) is 0 Å². The van der Waals surface area contributed by atoms with E-state index in [1.54, 1.807) is 17.4 Å². The van der Waals surface area contributed by atoms with Gasteiger partial charge < -0.3 is 9.47 Å². The maximum absolute atomic E-state index is 11.7. The van der Waals surface area contributed by atoms with Gasteiger partial charge in [0.05, 0.1) is 12.9 Å². The second kappa shape index (κ2) is 5.86. The highest BCUT2D eigenvalue weighted by Crippen LogP contribution is 1.97. The SMILES string of the molecule is C#CCN(CC)C(=O)CCn1ccnc1. The minimum absolute atomic E-state index is 0.0872. The van der Waals surface area contributed by atoms with Crippen LogP contribution >= 0.6 is 0 Å². The zero-order valence-electron chi connectivity index (χ0n) is 8.89. The van der Waals surface area contributed by atoms with E-state index in [-0.39, 0.29) is 5.91 Å². The first-order chi connectivity index (χ1) is 7.27. The van der Waals surface area contributed by atoms with Crippen molar-refractivity contribution in [3.05, 3.63) is 18.7 Å². The predicted molar refractivity (Wildman–Crippen MR) is 57.9 cm³/mol. The van der Waals surface area contributed by atoms with E-state index in [0.717, 1.165) is 0 Å². The van der Waals surface area contributed by atoms with Crippen LogP contribution in [-0.4, -0.2) is 33.4 Å². The number of imidazole rings is 1. The van der Waals surface area contributed by atoms with Gasteiger partial charge in [0.15, 0.2) is 0 Å². The molecule has 1 heterocycles. The van der Waals surface area contributed by atoms with Crippen LogP contribution in [0.15, 0.2) is 18.7 Å². The highest BCUT2D eigenvalue weighted by Gasteiger charge is 2.09. The Kier molecular flexibility index (Phi) is 4.42. The molecular formula is C11H15N3O. The molecule has 0 fully saturated rings. The Balaban J connectivity index is 2.38. The summed E-state index contributed by atoms with van der Waals surface area (Å²) in [4.78, 5) is 17.2. The van der Waals surface area contributed by atoms with Gasteiger partial charge in [0, 0.05) is 31.9 Å². The van der Waals surface area contributed by atoms with Gasteiger partial charge in [-0.15, -0.1) is 6.42 Å². The summed E-state index contributed by atoms with van der Waals surface area (Å²) in [5.74, 6) is 2.57. The Labute approximate surface area is 89.9 Å². The monoisotopic (exact) mass is 205 g/mol. The first-order valence-corrected chi connectivity index (χ1v) is 4.95. The molecule has 4 nitrogen and oxygen atoms in total. The molecule has 0 aliphatic heterocycles. The number of carbonyl (C=O) groups is 1. The Morgan fingerprint density at radius 1 is 1.67 bits per heavy atom. The maximum atomic E-state index is 11.7. The molecule has 0 radical (unpaired) electrons. The number of amides is 1. The number of hydrogen-bond donors (Lipinski definition) is 0. The number of carbonyl (C=O) groups excluding carboxylic acids is 1. The van der Waals surface area contributed by atoms with Gasteiger partial charge in [-0.3, -0.25) is 4.79 Å². The molecule has 1 amide bonds. The smallest absolute Gasteiger partial charge is 0.225 e. The normalized spacial score (nSPS) is 9.60. The third-order valence-electron chi connectivity index (χ3n) is 2.16. The summed E-state index contributed by atoms with van der Waals surface area (Å²) in [7, 11) is 0. The van der Waals surface area contributed by atoms with Crippen LogP contribution in [0.25, 0.3) is 0 Å². The molecule has 0 atom stereocenters. The molecule has 1 aromatic heterocycles. The van der Waals surface area contributed by atoms with Crippen molar-refractivity contribution >= 4 is 5.91 Å². The fourth-order valence-corrected chi connectivity index (χ4v) is 1.29. The number of aromatic nitrogens is 2. The van der Waals surface area contributed by atoms with Crippen LogP contribution < -0.4 is 0 Å².